The van der Waals surface area contributed by atoms with Crippen LogP contribution in [0.25, 0.3) is 0 Å². The average molecular weight is 270 g/mol. The van der Waals surface area contributed by atoms with Crippen LogP contribution >= 0.6 is 0 Å². The van der Waals surface area contributed by atoms with Crippen LogP contribution in [-0.4, -0.2) is 13.0 Å². The fraction of sp³-hybridized carbons (Fsp3) is 0.188. The monoisotopic (exact) mass is 270 g/mol. The van der Waals surface area contributed by atoms with E-state index in [1.807, 2.05) is 42.5 Å². The Hall–Kier alpha value is -2.33. The molecule has 104 valence electrons. The highest BCUT2D eigenvalue weighted by atomic mass is 16.5. The molecule has 0 bridgehead atoms. The van der Waals surface area contributed by atoms with Gasteiger partial charge in [0.05, 0.1) is 7.11 Å². The molecule has 4 heteroatoms. The topological polar surface area (TPSA) is 64.3 Å². The summed E-state index contributed by atoms with van der Waals surface area (Å²) in [5, 5.41) is 3.30. The third-order valence-electron chi connectivity index (χ3n) is 3.09. The molecule has 0 aliphatic rings. The molecule has 4 nitrogen and oxygen atoms in total. The number of hydrogen-bond donors (Lipinski definition) is 2. The molecule has 20 heavy (non-hydrogen) atoms. The molecular weight excluding hydrogens is 252 g/mol. The summed E-state index contributed by atoms with van der Waals surface area (Å²) < 4.78 is 5.11. The van der Waals surface area contributed by atoms with Gasteiger partial charge in [0.2, 0.25) is 5.91 Å². The molecule has 1 amide bonds. The second kappa shape index (κ2) is 6.73. The summed E-state index contributed by atoms with van der Waals surface area (Å²) >= 11 is 0. The maximum atomic E-state index is 11.3. The Bertz CT molecular complexity index is 579. The highest BCUT2D eigenvalue weighted by molar-refractivity contribution is 5.94. The van der Waals surface area contributed by atoms with Gasteiger partial charge in [-0.1, -0.05) is 30.3 Å². The molecule has 2 aromatic carbocycles. The molecule has 0 unspecified atom stereocenters. The van der Waals surface area contributed by atoms with Gasteiger partial charge in [-0.2, -0.15) is 0 Å². The van der Waals surface area contributed by atoms with Crippen molar-refractivity contribution in [3.05, 3.63) is 65.2 Å². The lowest BCUT2D eigenvalue weighted by Crippen LogP contribution is -2.18. The van der Waals surface area contributed by atoms with Crippen molar-refractivity contribution < 1.29 is 9.53 Å². The zero-order valence-electron chi connectivity index (χ0n) is 11.4. The van der Waals surface area contributed by atoms with E-state index in [1.54, 1.807) is 13.2 Å². The van der Waals surface area contributed by atoms with Crippen LogP contribution < -0.4 is 15.8 Å². The largest absolute Gasteiger partial charge is 0.497 e. The van der Waals surface area contributed by atoms with Crippen LogP contribution in [0.3, 0.4) is 0 Å². The second-order valence-corrected chi connectivity index (χ2v) is 4.47. The summed E-state index contributed by atoms with van der Waals surface area (Å²) in [7, 11) is 1.65. The maximum Gasteiger partial charge on any atom is 0.249 e. The van der Waals surface area contributed by atoms with Gasteiger partial charge in [0.1, 0.15) is 5.75 Å². The first kappa shape index (κ1) is 14.1. The van der Waals surface area contributed by atoms with Crippen molar-refractivity contribution in [1.29, 1.82) is 0 Å². The van der Waals surface area contributed by atoms with E-state index in [0.717, 1.165) is 23.4 Å². The molecular formula is C16H18N2O2. The van der Waals surface area contributed by atoms with Crippen molar-refractivity contribution in [2.45, 2.75) is 13.1 Å². The smallest absolute Gasteiger partial charge is 0.249 e. The Morgan fingerprint density at radius 1 is 1.10 bits per heavy atom. The quantitative estimate of drug-likeness (QED) is 0.844. The summed E-state index contributed by atoms with van der Waals surface area (Å²) in [5.41, 5.74) is 7.98. The van der Waals surface area contributed by atoms with E-state index in [1.165, 1.54) is 0 Å². The molecule has 2 aromatic rings. The minimum Gasteiger partial charge on any atom is -0.497 e. The molecule has 0 aliphatic heterocycles. The molecule has 0 heterocycles. The number of carbonyl (C=O) groups excluding carboxylic acids is 1. The summed E-state index contributed by atoms with van der Waals surface area (Å²) in [4.78, 5) is 11.3. The second-order valence-electron chi connectivity index (χ2n) is 4.47. The number of primary amides is 1. The molecule has 0 saturated carbocycles. The zero-order chi connectivity index (χ0) is 14.4. The number of rotatable bonds is 6. The van der Waals surface area contributed by atoms with Crippen LogP contribution in [0, 0.1) is 0 Å². The number of nitrogens with one attached hydrogen (secondary N) is 1. The number of ether oxygens (including phenoxy) is 1. The minimum absolute atomic E-state index is 0.396. The highest BCUT2D eigenvalue weighted by Gasteiger charge is 2.06. The van der Waals surface area contributed by atoms with Crippen molar-refractivity contribution in [3.63, 3.8) is 0 Å². The maximum absolute atomic E-state index is 11.3. The number of carbonyl (C=O) groups is 1. The van der Waals surface area contributed by atoms with Gasteiger partial charge in [0.25, 0.3) is 0 Å². The van der Waals surface area contributed by atoms with E-state index in [2.05, 4.69) is 5.32 Å². The fourth-order valence-electron chi connectivity index (χ4n) is 2.00. The molecule has 2 rings (SSSR count). The van der Waals surface area contributed by atoms with E-state index in [9.17, 15) is 4.79 Å². The predicted octanol–water partition coefficient (Wildman–Crippen LogP) is 2.08. The summed E-state index contributed by atoms with van der Waals surface area (Å²) in [6.07, 6.45) is 0. The summed E-state index contributed by atoms with van der Waals surface area (Å²) in [6, 6.07) is 15.2. The Balaban J connectivity index is 1.94. The number of nitrogens with two attached hydrogens (primary N) is 1. The number of benzene rings is 2. The van der Waals surface area contributed by atoms with E-state index < -0.39 is 5.91 Å². The SMILES string of the molecule is COc1ccc(CNCc2ccccc2C(N)=O)cc1. The van der Waals surface area contributed by atoms with Crippen molar-refractivity contribution >= 4 is 5.91 Å². The first-order chi connectivity index (χ1) is 9.70. The van der Waals surface area contributed by atoms with Gasteiger partial charge in [-0.25, -0.2) is 0 Å². The average Bonchev–Trinajstić information content (AvgIpc) is 2.48. The van der Waals surface area contributed by atoms with Crippen molar-refractivity contribution in [3.8, 4) is 5.75 Å². The molecule has 0 aliphatic carbocycles. The molecule has 0 spiro atoms. The first-order valence-electron chi connectivity index (χ1n) is 6.42. The number of amides is 1. The van der Waals surface area contributed by atoms with Gasteiger partial charge in [0.15, 0.2) is 0 Å². The lowest BCUT2D eigenvalue weighted by atomic mass is 10.1. The van der Waals surface area contributed by atoms with Crippen LogP contribution in [-0.2, 0) is 13.1 Å². The van der Waals surface area contributed by atoms with Crippen LogP contribution in [0.15, 0.2) is 48.5 Å². The number of hydrogen-bond acceptors (Lipinski definition) is 3. The van der Waals surface area contributed by atoms with Crippen molar-refractivity contribution in [2.75, 3.05) is 7.11 Å². The first-order valence-corrected chi connectivity index (χ1v) is 6.42. The van der Waals surface area contributed by atoms with Gasteiger partial charge >= 0.3 is 0 Å². The minimum atomic E-state index is -0.396. The molecule has 0 aromatic heterocycles. The molecule has 0 saturated heterocycles. The van der Waals surface area contributed by atoms with E-state index in [0.29, 0.717) is 12.1 Å². The van der Waals surface area contributed by atoms with Gasteiger partial charge in [-0.05, 0) is 29.3 Å². The third-order valence-corrected chi connectivity index (χ3v) is 3.09. The summed E-state index contributed by atoms with van der Waals surface area (Å²) in [5.74, 6) is 0.444. The van der Waals surface area contributed by atoms with Gasteiger partial charge in [-0.3, -0.25) is 4.79 Å². The lowest BCUT2D eigenvalue weighted by Gasteiger charge is -2.09. The predicted molar refractivity (Wildman–Crippen MR) is 78.5 cm³/mol. The lowest BCUT2D eigenvalue weighted by molar-refractivity contribution is 0.0999. The van der Waals surface area contributed by atoms with Crippen molar-refractivity contribution in [2.24, 2.45) is 5.73 Å². The zero-order valence-corrected chi connectivity index (χ0v) is 11.4. The van der Waals surface area contributed by atoms with Crippen molar-refractivity contribution in [1.82, 2.24) is 5.32 Å². The van der Waals surface area contributed by atoms with Crippen LogP contribution in [0.5, 0.6) is 5.75 Å². The fourth-order valence-corrected chi connectivity index (χ4v) is 2.00. The van der Waals surface area contributed by atoms with Gasteiger partial charge < -0.3 is 15.8 Å². The highest BCUT2D eigenvalue weighted by Crippen LogP contribution is 2.12. The Morgan fingerprint density at radius 3 is 2.45 bits per heavy atom. The molecule has 0 fully saturated rings. The van der Waals surface area contributed by atoms with Crippen LogP contribution in [0.1, 0.15) is 21.5 Å². The van der Waals surface area contributed by atoms with E-state index in [-0.39, 0.29) is 0 Å². The standard InChI is InChI=1S/C16H18N2O2/c1-20-14-8-6-12(7-9-14)10-18-11-13-4-2-3-5-15(13)16(17)19/h2-9,18H,10-11H2,1H3,(H2,17,19). The molecule has 0 radical (unpaired) electrons. The van der Waals surface area contributed by atoms with Crippen LogP contribution in [0.2, 0.25) is 0 Å². The Labute approximate surface area is 118 Å². The molecule has 3 N–H and O–H groups in total. The summed E-state index contributed by atoms with van der Waals surface area (Å²) in [6.45, 7) is 1.32. The van der Waals surface area contributed by atoms with E-state index >= 15 is 0 Å². The van der Waals surface area contributed by atoms with Gasteiger partial charge in [0, 0.05) is 18.7 Å². The van der Waals surface area contributed by atoms with Crippen LogP contribution in [0.4, 0.5) is 0 Å². The third kappa shape index (κ3) is 3.59. The van der Waals surface area contributed by atoms with E-state index in [4.69, 9.17) is 10.5 Å². The molecule has 0 atom stereocenters. The normalized spacial score (nSPS) is 10.2. The Kier molecular flexibility index (Phi) is 4.74. The van der Waals surface area contributed by atoms with Gasteiger partial charge in [-0.15, -0.1) is 0 Å². The number of methoxy groups -OCH3 is 1. The Morgan fingerprint density at radius 2 is 1.80 bits per heavy atom.